The Bertz CT molecular complexity index is 462. The highest BCUT2D eigenvalue weighted by molar-refractivity contribution is 9.10. The van der Waals surface area contributed by atoms with Crippen molar-refractivity contribution in [2.45, 2.75) is 52.0 Å². The van der Waals surface area contributed by atoms with E-state index in [4.69, 9.17) is 17.4 Å². The summed E-state index contributed by atoms with van der Waals surface area (Å²) in [5, 5.41) is 0.813. The summed E-state index contributed by atoms with van der Waals surface area (Å²) in [5.74, 6) is 6.45. The molecule has 4 heteroatoms. The number of nitrogens with one attached hydrogen (secondary N) is 1. The molecule has 1 fully saturated rings. The highest BCUT2D eigenvalue weighted by Crippen LogP contribution is 2.43. The number of hydrogen-bond donors (Lipinski definition) is 2. The molecule has 2 nitrogen and oxygen atoms in total. The summed E-state index contributed by atoms with van der Waals surface area (Å²) in [6.45, 7) is 4.73. The molecule has 0 bridgehead atoms. The fraction of sp³-hybridized carbons (Fsp3) is 0.625. The van der Waals surface area contributed by atoms with Gasteiger partial charge in [0.1, 0.15) is 0 Å². The minimum atomic E-state index is 0.281. The average molecular weight is 360 g/mol. The number of rotatable bonds is 4. The van der Waals surface area contributed by atoms with Gasteiger partial charge in [0.15, 0.2) is 0 Å². The van der Waals surface area contributed by atoms with E-state index in [0.29, 0.717) is 11.3 Å². The second-order valence-electron chi connectivity index (χ2n) is 6.55. The number of hydrogen-bond acceptors (Lipinski definition) is 2. The van der Waals surface area contributed by atoms with Gasteiger partial charge in [-0.1, -0.05) is 60.3 Å². The lowest BCUT2D eigenvalue weighted by Crippen LogP contribution is -2.48. The summed E-state index contributed by atoms with van der Waals surface area (Å²) in [6.07, 6.45) is 6.05. The lowest BCUT2D eigenvalue weighted by atomic mass is 9.65. The first-order valence-corrected chi connectivity index (χ1v) is 8.51. The fourth-order valence-corrected chi connectivity index (χ4v) is 4.26. The Hall–Kier alpha value is -0.0900. The summed E-state index contributed by atoms with van der Waals surface area (Å²) in [4.78, 5) is 0. The minimum absolute atomic E-state index is 0.281. The molecule has 0 aliphatic heterocycles. The molecule has 20 heavy (non-hydrogen) atoms. The standard InChI is InChI=1S/C16H24BrClN2/c1-16(2)8-4-3-5-13(16)15(20-19)9-11-6-7-12(17)10-14(11)18/h6-7,10,13,15,20H,3-5,8-9,19H2,1-2H3. The third kappa shape index (κ3) is 3.76. The summed E-state index contributed by atoms with van der Waals surface area (Å²) in [6, 6.07) is 6.37. The van der Waals surface area contributed by atoms with Gasteiger partial charge >= 0.3 is 0 Å². The highest BCUT2D eigenvalue weighted by atomic mass is 79.9. The van der Waals surface area contributed by atoms with Gasteiger partial charge in [-0.05, 0) is 48.3 Å². The first kappa shape index (κ1) is 16.3. The van der Waals surface area contributed by atoms with Crippen molar-refractivity contribution in [2.24, 2.45) is 17.2 Å². The van der Waals surface area contributed by atoms with E-state index in [1.165, 1.54) is 31.2 Å². The second kappa shape index (κ2) is 6.78. The average Bonchev–Trinajstić information content (AvgIpc) is 2.38. The third-order valence-electron chi connectivity index (χ3n) is 4.74. The monoisotopic (exact) mass is 358 g/mol. The number of halogens is 2. The van der Waals surface area contributed by atoms with Gasteiger partial charge in [0.25, 0.3) is 0 Å². The molecule has 1 saturated carbocycles. The summed E-state index contributed by atoms with van der Waals surface area (Å²) in [5.41, 5.74) is 4.56. The van der Waals surface area contributed by atoms with Gasteiger partial charge in [0.2, 0.25) is 0 Å². The van der Waals surface area contributed by atoms with Crippen molar-refractivity contribution in [3.05, 3.63) is 33.3 Å². The van der Waals surface area contributed by atoms with Crippen LogP contribution >= 0.6 is 27.5 Å². The molecule has 2 atom stereocenters. The Kier molecular flexibility index (Phi) is 5.52. The molecule has 1 aromatic carbocycles. The first-order valence-electron chi connectivity index (χ1n) is 7.34. The Morgan fingerprint density at radius 3 is 2.80 bits per heavy atom. The summed E-state index contributed by atoms with van der Waals surface area (Å²) >= 11 is 9.79. The largest absolute Gasteiger partial charge is 0.271 e. The van der Waals surface area contributed by atoms with Gasteiger partial charge in [-0.15, -0.1) is 0 Å². The Morgan fingerprint density at radius 2 is 2.20 bits per heavy atom. The van der Waals surface area contributed by atoms with Gasteiger partial charge in [-0.25, -0.2) is 0 Å². The van der Waals surface area contributed by atoms with Crippen LogP contribution in [0.15, 0.2) is 22.7 Å². The maximum Gasteiger partial charge on any atom is 0.0449 e. The van der Waals surface area contributed by atoms with Crippen LogP contribution in [0.3, 0.4) is 0 Å². The maximum atomic E-state index is 6.34. The van der Waals surface area contributed by atoms with E-state index in [2.05, 4.69) is 41.3 Å². The van der Waals surface area contributed by atoms with E-state index < -0.39 is 0 Å². The van der Waals surface area contributed by atoms with Crippen LogP contribution in [0.1, 0.15) is 45.1 Å². The molecule has 0 spiro atoms. The highest BCUT2D eigenvalue weighted by Gasteiger charge is 2.37. The van der Waals surface area contributed by atoms with Crippen LogP contribution in [0.4, 0.5) is 0 Å². The van der Waals surface area contributed by atoms with Crippen LogP contribution in [0.25, 0.3) is 0 Å². The zero-order valence-corrected chi connectivity index (χ0v) is 14.6. The molecule has 0 heterocycles. The van der Waals surface area contributed by atoms with Gasteiger partial charge in [-0.3, -0.25) is 11.3 Å². The van der Waals surface area contributed by atoms with Crippen molar-refractivity contribution >= 4 is 27.5 Å². The van der Waals surface area contributed by atoms with Crippen LogP contribution in [-0.4, -0.2) is 6.04 Å². The van der Waals surface area contributed by atoms with Crippen molar-refractivity contribution < 1.29 is 0 Å². The Labute approximate surface area is 135 Å². The number of hydrazine groups is 1. The topological polar surface area (TPSA) is 38.0 Å². The third-order valence-corrected chi connectivity index (χ3v) is 5.59. The normalized spacial score (nSPS) is 23.6. The van der Waals surface area contributed by atoms with Crippen molar-refractivity contribution in [1.29, 1.82) is 0 Å². The lowest BCUT2D eigenvalue weighted by Gasteiger charge is -2.43. The maximum absolute atomic E-state index is 6.34. The van der Waals surface area contributed by atoms with Crippen LogP contribution in [-0.2, 0) is 6.42 Å². The van der Waals surface area contributed by atoms with Crippen LogP contribution in [0.5, 0.6) is 0 Å². The van der Waals surface area contributed by atoms with Crippen LogP contribution in [0, 0.1) is 11.3 Å². The molecule has 0 aromatic heterocycles. The molecule has 3 N–H and O–H groups in total. The molecule has 0 amide bonds. The summed E-state index contributed by atoms with van der Waals surface area (Å²) in [7, 11) is 0. The molecule has 2 rings (SSSR count). The number of benzene rings is 1. The predicted octanol–water partition coefficient (Wildman–Crippen LogP) is 4.69. The van der Waals surface area contributed by atoms with E-state index in [1.807, 2.05) is 12.1 Å². The smallest absolute Gasteiger partial charge is 0.0449 e. The molecule has 2 unspecified atom stereocenters. The molecular formula is C16H24BrClN2. The Morgan fingerprint density at radius 1 is 1.45 bits per heavy atom. The minimum Gasteiger partial charge on any atom is -0.271 e. The fourth-order valence-electron chi connectivity index (χ4n) is 3.51. The summed E-state index contributed by atoms with van der Waals surface area (Å²) < 4.78 is 1.02. The molecular weight excluding hydrogens is 336 g/mol. The zero-order chi connectivity index (χ0) is 14.8. The van der Waals surface area contributed by atoms with E-state index in [9.17, 15) is 0 Å². The van der Waals surface area contributed by atoms with E-state index in [-0.39, 0.29) is 6.04 Å². The second-order valence-corrected chi connectivity index (χ2v) is 7.88. The molecule has 1 aliphatic carbocycles. The van der Waals surface area contributed by atoms with Crippen molar-refractivity contribution in [1.82, 2.24) is 5.43 Å². The lowest BCUT2D eigenvalue weighted by molar-refractivity contribution is 0.0982. The van der Waals surface area contributed by atoms with Gasteiger partial charge in [-0.2, -0.15) is 0 Å². The first-order chi connectivity index (χ1) is 9.44. The molecule has 0 radical (unpaired) electrons. The van der Waals surface area contributed by atoms with Crippen molar-refractivity contribution in [2.75, 3.05) is 0 Å². The van der Waals surface area contributed by atoms with Crippen LogP contribution < -0.4 is 11.3 Å². The quantitative estimate of drug-likeness (QED) is 0.604. The van der Waals surface area contributed by atoms with Crippen LogP contribution in [0.2, 0.25) is 5.02 Å². The zero-order valence-electron chi connectivity index (χ0n) is 12.3. The molecule has 1 aliphatic rings. The number of nitrogens with two attached hydrogens (primary N) is 1. The molecule has 0 saturated heterocycles. The predicted molar refractivity (Wildman–Crippen MR) is 89.7 cm³/mol. The van der Waals surface area contributed by atoms with E-state index in [0.717, 1.165) is 15.9 Å². The molecule has 1 aromatic rings. The van der Waals surface area contributed by atoms with Gasteiger partial charge in [0.05, 0.1) is 0 Å². The SMILES string of the molecule is CC1(C)CCCCC1C(Cc1ccc(Br)cc1Cl)NN. The van der Waals surface area contributed by atoms with Gasteiger partial charge in [0, 0.05) is 15.5 Å². The van der Waals surface area contributed by atoms with E-state index >= 15 is 0 Å². The van der Waals surface area contributed by atoms with E-state index in [1.54, 1.807) is 0 Å². The Balaban J connectivity index is 2.15. The molecule has 112 valence electrons. The van der Waals surface area contributed by atoms with Crippen molar-refractivity contribution in [3.63, 3.8) is 0 Å². The van der Waals surface area contributed by atoms with Gasteiger partial charge < -0.3 is 0 Å². The van der Waals surface area contributed by atoms with Crippen molar-refractivity contribution in [3.8, 4) is 0 Å².